The lowest BCUT2D eigenvalue weighted by Crippen LogP contribution is -2.64. The first-order valence-electron chi connectivity index (χ1n) is 19.6. The van der Waals surface area contributed by atoms with Gasteiger partial charge in [0, 0.05) is 17.4 Å². The van der Waals surface area contributed by atoms with Gasteiger partial charge in [0.25, 0.3) is 0 Å². The SMILES string of the molecule is CC1=C(C#C[C@H](C)O[C@@H]2O[C@H](COC(=O)C(C)(C)C)[C@@H](OC(=O)C(C)(C)C)[C@H](OC(=O)C(C)(C)C)[C@H]2OC(=O)C(C)(C)C)C(C)(C)C[C@H](OC(=O)C(C)(C)C)C1. The van der Waals surface area contributed by atoms with Crippen molar-refractivity contribution < 1.29 is 57.1 Å². The van der Waals surface area contributed by atoms with Crippen LogP contribution >= 0.6 is 0 Å². The Morgan fingerprint density at radius 3 is 1.50 bits per heavy atom. The van der Waals surface area contributed by atoms with Gasteiger partial charge in [-0.1, -0.05) is 31.3 Å². The van der Waals surface area contributed by atoms with Gasteiger partial charge in [0.1, 0.15) is 24.9 Å². The summed E-state index contributed by atoms with van der Waals surface area (Å²) >= 11 is 0. The van der Waals surface area contributed by atoms with Gasteiger partial charge in [-0.15, -0.1) is 0 Å². The molecule has 12 heteroatoms. The van der Waals surface area contributed by atoms with E-state index in [0.29, 0.717) is 12.8 Å². The maximum Gasteiger partial charge on any atom is 0.311 e. The summed E-state index contributed by atoms with van der Waals surface area (Å²) in [5, 5.41) is 0. The molecule has 0 N–H and O–H groups in total. The van der Waals surface area contributed by atoms with E-state index in [1.807, 2.05) is 41.5 Å². The van der Waals surface area contributed by atoms with Gasteiger partial charge in [0.2, 0.25) is 6.29 Å². The number of hydrogen-bond acceptors (Lipinski definition) is 12. The molecule has 0 spiro atoms. The second-order valence-electron chi connectivity index (χ2n) is 21.0. The lowest BCUT2D eigenvalue weighted by atomic mass is 9.71. The second-order valence-corrected chi connectivity index (χ2v) is 21.0. The number of rotatable bonds is 8. The Bertz CT molecular complexity index is 1560. The molecule has 1 aliphatic carbocycles. The summed E-state index contributed by atoms with van der Waals surface area (Å²) in [6.07, 6.45) is -6.90. The predicted molar refractivity (Wildman–Crippen MR) is 210 cm³/mol. The zero-order chi connectivity index (χ0) is 43.6. The van der Waals surface area contributed by atoms with Crippen molar-refractivity contribution in [1.29, 1.82) is 0 Å². The Morgan fingerprint density at radius 1 is 0.661 bits per heavy atom. The minimum absolute atomic E-state index is 0.259. The summed E-state index contributed by atoms with van der Waals surface area (Å²) in [6, 6.07) is 0. The van der Waals surface area contributed by atoms with Crippen molar-refractivity contribution in [3.05, 3.63) is 11.1 Å². The molecule has 0 aromatic carbocycles. The highest BCUT2D eigenvalue weighted by Crippen LogP contribution is 2.42. The number of allylic oxidation sites excluding steroid dienone is 1. The van der Waals surface area contributed by atoms with Crippen molar-refractivity contribution in [2.75, 3.05) is 6.61 Å². The standard InChI is InChI=1S/C44H70O12/c1-25-22-27(52-35(46)40(6,7)8)23-44(18,19)28(25)21-20-26(2)51-33-32(56-38(49)43(15,16)17)31(55-37(48)42(12,13)14)30(54-36(47)41(9,10)11)29(53-33)24-50-34(45)39(3,4)5/h26-27,29-33H,22-24H2,1-19H3/t26-,27+,29+,30+,31-,32+,33+/m0/s1. The molecule has 1 fully saturated rings. The minimum atomic E-state index is -1.44. The molecular formula is C44H70O12. The molecule has 1 heterocycles. The maximum atomic E-state index is 13.6. The van der Waals surface area contributed by atoms with Crippen LogP contribution in [0.25, 0.3) is 0 Å². The van der Waals surface area contributed by atoms with Gasteiger partial charge in [0.05, 0.1) is 27.1 Å². The predicted octanol–water partition coefficient (Wildman–Crippen LogP) is 7.68. The van der Waals surface area contributed by atoms with E-state index in [1.165, 1.54) is 0 Å². The summed E-state index contributed by atoms with van der Waals surface area (Å²) in [4.78, 5) is 66.3. The topological polar surface area (TPSA) is 150 Å². The molecule has 1 saturated heterocycles. The normalized spacial score (nSPS) is 25.2. The fourth-order valence-electron chi connectivity index (χ4n) is 5.66. The summed E-state index contributed by atoms with van der Waals surface area (Å²) in [5.74, 6) is 3.69. The zero-order valence-corrected chi connectivity index (χ0v) is 37.6. The van der Waals surface area contributed by atoms with Gasteiger partial charge in [-0.2, -0.15) is 0 Å². The van der Waals surface area contributed by atoms with Crippen LogP contribution in [0.4, 0.5) is 0 Å². The third-order valence-electron chi connectivity index (χ3n) is 9.15. The van der Waals surface area contributed by atoms with E-state index in [-0.39, 0.29) is 12.1 Å². The number of carbonyl (C=O) groups is 5. The monoisotopic (exact) mass is 790 g/mol. The Kier molecular flexibility index (Phi) is 15.3. The smallest absolute Gasteiger partial charge is 0.311 e. The van der Waals surface area contributed by atoms with Crippen molar-refractivity contribution in [1.82, 2.24) is 0 Å². The molecule has 0 radical (unpaired) electrons. The highest BCUT2D eigenvalue weighted by molar-refractivity contribution is 5.78. The molecule has 2 aliphatic rings. The third kappa shape index (κ3) is 13.6. The number of hydrogen-bond donors (Lipinski definition) is 0. The fourth-order valence-corrected chi connectivity index (χ4v) is 5.66. The van der Waals surface area contributed by atoms with E-state index in [1.54, 1.807) is 90.0 Å². The molecule has 2 rings (SSSR count). The Hall–Kier alpha value is -3.43. The lowest BCUT2D eigenvalue weighted by molar-refractivity contribution is -0.315. The van der Waals surface area contributed by atoms with Crippen LogP contribution in [0.2, 0.25) is 0 Å². The van der Waals surface area contributed by atoms with Gasteiger partial charge in [0.15, 0.2) is 18.3 Å². The van der Waals surface area contributed by atoms with E-state index in [2.05, 4.69) is 11.8 Å². The minimum Gasteiger partial charge on any atom is -0.462 e. The summed E-state index contributed by atoms with van der Waals surface area (Å²) in [7, 11) is 0. The fraction of sp³-hybridized carbons (Fsp3) is 0.795. The number of esters is 5. The van der Waals surface area contributed by atoms with Crippen molar-refractivity contribution in [2.24, 2.45) is 32.5 Å². The molecule has 0 aromatic rings. The average Bonchev–Trinajstić information content (AvgIpc) is 2.99. The molecule has 7 atom stereocenters. The summed E-state index contributed by atoms with van der Waals surface area (Å²) < 4.78 is 42.6. The van der Waals surface area contributed by atoms with E-state index < -0.39 is 99.8 Å². The highest BCUT2D eigenvalue weighted by Gasteiger charge is 2.55. The van der Waals surface area contributed by atoms with Gasteiger partial charge >= 0.3 is 29.8 Å². The van der Waals surface area contributed by atoms with E-state index >= 15 is 0 Å². The summed E-state index contributed by atoms with van der Waals surface area (Å²) in [6.45, 7) is 32.9. The molecule has 0 unspecified atom stereocenters. The van der Waals surface area contributed by atoms with Gasteiger partial charge < -0.3 is 33.2 Å². The average molecular weight is 791 g/mol. The van der Waals surface area contributed by atoms with Crippen LogP contribution in [-0.4, -0.2) is 79.4 Å². The van der Waals surface area contributed by atoms with Crippen LogP contribution in [0, 0.1) is 44.3 Å². The first-order valence-corrected chi connectivity index (χ1v) is 19.6. The molecule has 12 nitrogen and oxygen atoms in total. The zero-order valence-electron chi connectivity index (χ0n) is 37.6. The van der Waals surface area contributed by atoms with Crippen LogP contribution in [-0.2, 0) is 57.1 Å². The van der Waals surface area contributed by atoms with Crippen LogP contribution < -0.4 is 0 Å². The maximum absolute atomic E-state index is 13.6. The number of carbonyl (C=O) groups excluding carboxylic acids is 5. The van der Waals surface area contributed by atoms with E-state index in [0.717, 1.165) is 11.1 Å². The van der Waals surface area contributed by atoms with Gasteiger partial charge in [-0.3, -0.25) is 24.0 Å². The second kappa shape index (κ2) is 17.6. The van der Waals surface area contributed by atoms with Gasteiger partial charge in [-0.25, -0.2) is 0 Å². The quantitative estimate of drug-likeness (QED) is 0.135. The molecule has 0 saturated carbocycles. The molecule has 0 aromatic heterocycles. The molecule has 0 amide bonds. The molecule has 318 valence electrons. The molecule has 1 aliphatic heterocycles. The van der Waals surface area contributed by atoms with Crippen molar-refractivity contribution in [3.8, 4) is 11.8 Å². The van der Waals surface area contributed by atoms with Crippen LogP contribution in [0.15, 0.2) is 11.1 Å². The Labute approximate surface area is 335 Å². The molecular weight excluding hydrogens is 720 g/mol. The first kappa shape index (κ1) is 48.7. The highest BCUT2D eigenvalue weighted by atomic mass is 16.7. The number of ether oxygens (including phenoxy) is 7. The lowest BCUT2D eigenvalue weighted by Gasteiger charge is -2.46. The first-order chi connectivity index (χ1) is 25.1. The van der Waals surface area contributed by atoms with Gasteiger partial charge in [-0.05, 0) is 124 Å². The van der Waals surface area contributed by atoms with Crippen LogP contribution in [0.1, 0.15) is 144 Å². The third-order valence-corrected chi connectivity index (χ3v) is 9.15. The Morgan fingerprint density at radius 2 is 1.07 bits per heavy atom. The Balaban J connectivity index is 2.68. The summed E-state index contributed by atoms with van der Waals surface area (Å²) in [5.41, 5.74) is -3.06. The van der Waals surface area contributed by atoms with Crippen LogP contribution in [0.5, 0.6) is 0 Å². The van der Waals surface area contributed by atoms with Crippen molar-refractivity contribution >= 4 is 29.8 Å². The van der Waals surface area contributed by atoms with Crippen molar-refractivity contribution in [2.45, 2.75) is 187 Å². The molecule has 0 bridgehead atoms. The van der Waals surface area contributed by atoms with E-state index in [4.69, 9.17) is 33.2 Å². The van der Waals surface area contributed by atoms with Crippen LogP contribution in [0.3, 0.4) is 0 Å². The molecule has 56 heavy (non-hydrogen) atoms. The van der Waals surface area contributed by atoms with E-state index in [9.17, 15) is 24.0 Å². The van der Waals surface area contributed by atoms with Crippen molar-refractivity contribution in [3.63, 3.8) is 0 Å². The largest absolute Gasteiger partial charge is 0.462 e.